The molecule has 3 aromatic rings. The molecule has 0 spiro atoms. The molecular weight excluding hydrogens is 442 g/mol. The number of carbonyl (C=O) groups is 1. The van der Waals surface area contributed by atoms with E-state index in [0.717, 1.165) is 59.9 Å². The summed E-state index contributed by atoms with van der Waals surface area (Å²) in [5.41, 5.74) is 6.27. The minimum Gasteiger partial charge on any atom is -0.481 e. The number of hydrogen-bond donors (Lipinski definition) is 2. The number of hydrogen-bond acceptors (Lipinski definition) is 7. The maximum atomic E-state index is 12.9. The number of rotatable bonds is 5. The molecule has 0 saturated heterocycles. The Morgan fingerprint density at radius 1 is 1.19 bits per heavy atom. The van der Waals surface area contributed by atoms with E-state index in [1.165, 1.54) is 39.8 Å². The van der Waals surface area contributed by atoms with E-state index in [2.05, 4.69) is 44.1 Å². The van der Waals surface area contributed by atoms with Crippen LogP contribution in [0.2, 0.25) is 0 Å². The maximum Gasteiger partial charge on any atom is 0.329 e. The summed E-state index contributed by atoms with van der Waals surface area (Å²) in [5, 5.41) is 3.11. The molecule has 1 aromatic carbocycles. The number of carbonyl (C=O) groups excluding carboxylic acids is 1. The Hall–Kier alpha value is -2.62. The number of nitrogens with zero attached hydrogens (tertiary/aromatic N) is 3. The lowest BCUT2D eigenvalue weighted by Gasteiger charge is -2.21. The highest BCUT2D eigenvalue weighted by molar-refractivity contribution is 7.99. The lowest BCUT2D eigenvalue weighted by Crippen LogP contribution is -2.25. The van der Waals surface area contributed by atoms with Crippen molar-refractivity contribution in [2.45, 2.75) is 36.4 Å². The highest BCUT2D eigenvalue weighted by Crippen LogP contribution is 2.38. The van der Waals surface area contributed by atoms with E-state index in [4.69, 9.17) is 4.74 Å². The number of ether oxygens (including phenoxy) is 1. The highest BCUT2D eigenvalue weighted by atomic mass is 32.2. The van der Waals surface area contributed by atoms with Crippen molar-refractivity contribution in [1.82, 2.24) is 19.6 Å². The lowest BCUT2D eigenvalue weighted by atomic mass is 10.0. The van der Waals surface area contributed by atoms with Crippen LogP contribution in [0.3, 0.4) is 0 Å². The van der Waals surface area contributed by atoms with Gasteiger partial charge >= 0.3 is 6.03 Å². The highest BCUT2D eigenvalue weighted by Gasteiger charge is 2.22. The van der Waals surface area contributed by atoms with Crippen molar-refractivity contribution < 1.29 is 9.53 Å². The monoisotopic (exact) mass is 467 g/mol. The Balaban J connectivity index is 1.35. The molecule has 9 heteroatoms. The van der Waals surface area contributed by atoms with Gasteiger partial charge in [-0.05, 0) is 67.4 Å². The molecule has 0 saturated carbocycles. The van der Waals surface area contributed by atoms with Crippen LogP contribution in [-0.4, -0.2) is 41.6 Å². The first-order valence-electron chi connectivity index (χ1n) is 10.7. The lowest BCUT2D eigenvalue weighted by molar-refractivity contribution is 0.257. The summed E-state index contributed by atoms with van der Waals surface area (Å²) in [6.45, 7) is 2.06. The standard InChI is InChI=1S/C23H25N5O2S2/c1-28-9-8-19-15(12-28)10-21(31-19)32-27-23(29)26-22-16-5-3-4-14(16)6-7-17(22)18-11-20(30-2)25-13-24-18/h6-7,10-11,13H,3-5,8-9,12H2,1-2H3,(H2,26,27,29). The number of aromatic nitrogens is 2. The van der Waals surface area contributed by atoms with Crippen LogP contribution in [0.4, 0.5) is 10.5 Å². The van der Waals surface area contributed by atoms with Gasteiger partial charge in [-0.1, -0.05) is 12.1 Å². The molecule has 32 heavy (non-hydrogen) atoms. The molecule has 7 nitrogen and oxygen atoms in total. The zero-order chi connectivity index (χ0) is 22.1. The van der Waals surface area contributed by atoms with Gasteiger partial charge in [0.15, 0.2) is 0 Å². The molecule has 0 radical (unpaired) electrons. The van der Waals surface area contributed by atoms with Gasteiger partial charge in [-0.25, -0.2) is 14.8 Å². The average Bonchev–Trinajstić information content (AvgIpc) is 3.44. The van der Waals surface area contributed by atoms with Gasteiger partial charge in [0.2, 0.25) is 5.88 Å². The molecular formula is C23H25N5O2S2. The SMILES string of the molecule is COc1cc(-c2ccc3c(c2NC(=O)NSc2cc4c(s2)CCN(C)C4)CCC3)ncn1. The largest absolute Gasteiger partial charge is 0.481 e. The van der Waals surface area contributed by atoms with Crippen molar-refractivity contribution in [3.63, 3.8) is 0 Å². The fourth-order valence-corrected chi connectivity index (χ4v) is 6.28. The molecule has 0 fully saturated rings. The molecule has 1 aliphatic heterocycles. The third-order valence-corrected chi connectivity index (χ3v) is 8.07. The van der Waals surface area contributed by atoms with Crippen LogP contribution < -0.4 is 14.8 Å². The Bertz CT molecular complexity index is 1160. The van der Waals surface area contributed by atoms with Gasteiger partial charge in [0.05, 0.1) is 22.7 Å². The average molecular weight is 468 g/mol. The van der Waals surface area contributed by atoms with Crippen molar-refractivity contribution in [2.24, 2.45) is 0 Å². The van der Waals surface area contributed by atoms with Gasteiger partial charge in [0.25, 0.3) is 0 Å². The summed E-state index contributed by atoms with van der Waals surface area (Å²) in [6, 6.07) is 7.91. The number of nitrogens with one attached hydrogen (secondary N) is 2. The van der Waals surface area contributed by atoms with Crippen LogP contribution in [0.1, 0.15) is 28.0 Å². The molecule has 2 aliphatic rings. The first kappa shape index (κ1) is 21.2. The van der Waals surface area contributed by atoms with Crippen LogP contribution in [0.5, 0.6) is 5.88 Å². The summed E-state index contributed by atoms with van der Waals surface area (Å²) >= 11 is 3.15. The minimum atomic E-state index is -0.235. The normalized spacial score (nSPS) is 15.2. The van der Waals surface area contributed by atoms with Gasteiger partial charge in [-0.3, -0.25) is 4.72 Å². The summed E-state index contributed by atoms with van der Waals surface area (Å²) in [4.78, 5) is 25.2. The molecule has 0 atom stereocenters. The van der Waals surface area contributed by atoms with E-state index in [-0.39, 0.29) is 6.03 Å². The Labute approximate surface area is 195 Å². The first-order valence-corrected chi connectivity index (χ1v) is 12.3. The van der Waals surface area contributed by atoms with Crippen molar-refractivity contribution in [2.75, 3.05) is 26.0 Å². The molecule has 0 unspecified atom stereocenters. The predicted molar refractivity (Wildman–Crippen MR) is 128 cm³/mol. The maximum absolute atomic E-state index is 12.9. The topological polar surface area (TPSA) is 79.4 Å². The number of fused-ring (bicyclic) bond motifs is 2. The summed E-state index contributed by atoms with van der Waals surface area (Å²) in [7, 11) is 3.72. The summed E-state index contributed by atoms with van der Waals surface area (Å²) < 4.78 is 9.34. The van der Waals surface area contributed by atoms with E-state index < -0.39 is 0 Å². The second kappa shape index (κ2) is 9.09. The van der Waals surface area contributed by atoms with Crippen molar-refractivity contribution >= 4 is 35.0 Å². The van der Waals surface area contributed by atoms with E-state index in [1.54, 1.807) is 24.5 Å². The van der Waals surface area contributed by atoms with Gasteiger partial charge in [0.1, 0.15) is 6.33 Å². The fraction of sp³-hybridized carbons (Fsp3) is 0.348. The third-order valence-electron chi connectivity index (χ3n) is 5.93. The van der Waals surface area contributed by atoms with Crippen LogP contribution in [0.25, 0.3) is 11.3 Å². The number of aryl methyl sites for hydroxylation is 1. The minimum absolute atomic E-state index is 0.235. The van der Waals surface area contributed by atoms with Crippen molar-refractivity contribution in [3.05, 3.63) is 52.2 Å². The van der Waals surface area contributed by atoms with Gasteiger partial charge in [-0.2, -0.15) is 0 Å². The zero-order valence-electron chi connectivity index (χ0n) is 18.1. The molecule has 1 aliphatic carbocycles. The quantitative estimate of drug-likeness (QED) is 0.537. The molecule has 166 valence electrons. The predicted octanol–water partition coefficient (Wildman–Crippen LogP) is 4.52. The second-order valence-electron chi connectivity index (χ2n) is 8.08. The smallest absolute Gasteiger partial charge is 0.329 e. The third kappa shape index (κ3) is 4.32. The zero-order valence-corrected chi connectivity index (χ0v) is 19.7. The molecule has 2 amide bonds. The fourth-order valence-electron chi connectivity index (χ4n) is 4.35. The number of benzene rings is 1. The number of methoxy groups -OCH3 is 1. The number of thiophene rings is 1. The van der Waals surface area contributed by atoms with Gasteiger partial charge in [0, 0.05) is 29.6 Å². The van der Waals surface area contributed by atoms with E-state index >= 15 is 0 Å². The van der Waals surface area contributed by atoms with E-state index in [0.29, 0.717) is 5.88 Å². The molecule has 3 heterocycles. The summed E-state index contributed by atoms with van der Waals surface area (Å²) in [5.74, 6) is 0.494. The number of urea groups is 1. The Kier molecular flexibility index (Phi) is 6.03. The van der Waals surface area contributed by atoms with Gasteiger partial charge in [-0.15, -0.1) is 11.3 Å². The molecule has 2 aromatic heterocycles. The Morgan fingerprint density at radius 2 is 2.09 bits per heavy atom. The van der Waals surface area contributed by atoms with Gasteiger partial charge < -0.3 is 15.0 Å². The Morgan fingerprint density at radius 3 is 2.97 bits per heavy atom. The molecule has 0 bridgehead atoms. The van der Waals surface area contributed by atoms with Crippen LogP contribution in [0.15, 0.2) is 34.8 Å². The van der Waals surface area contributed by atoms with Crippen LogP contribution in [0, 0.1) is 0 Å². The van der Waals surface area contributed by atoms with Crippen LogP contribution in [-0.2, 0) is 25.8 Å². The number of anilines is 1. The van der Waals surface area contributed by atoms with E-state index in [1.807, 2.05) is 6.07 Å². The van der Waals surface area contributed by atoms with Crippen molar-refractivity contribution in [3.8, 4) is 17.1 Å². The number of amides is 2. The molecule has 2 N–H and O–H groups in total. The van der Waals surface area contributed by atoms with Crippen molar-refractivity contribution in [1.29, 1.82) is 0 Å². The summed E-state index contributed by atoms with van der Waals surface area (Å²) in [6.07, 6.45) is 5.62. The first-order chi connectivity index (χ1) is 15.6. The number of likely N-dealkylation sites (N-methyl/N-ethyl adjacent to an activating group) is 1. The molecule has 5 rings (SSSR count). The van der Waals surface area contributed by atoms with Crippen LogP contribution >= 0.6 is 23.3 Å². The second-order valence-corrected chi connectivity index (χ2v) is 10.3. The van der Waals surface area contributed by atoms with E-state index in [9.17, 15) is 4.79 Å².